The number of amides is 1. The molecule has 0 radical (unpaired) electrons. The number of benzene rings is 2. The second kappa shape index (κ2) is 12.2. The Bertz CT molecular complexity index is 723. The normalized spacial score (nSPS) is 12.6. The van der Waals surface area contributed by atoms with E-state index in [4.69, 9.17) is 10.5 Å². The number of halogens is 1. The van der Waals surface area contributed by atoms with Crippen molar-refractivity contribution in [3.63, 3.8) is 0 Å². The van der Waals surface area contributed by atoms with E-state index in [1.54, 1.807) is 0 Å². The second-order valence-electron chi connectivity index (χ2n) is 7.08. The van der Waals surface area contributed by atoms with Crippen LogP contribution in [0.25, 0.3) is 0 Å². The fraction of sp³-hybridized carbons (Fsp3) is 0.364. The highest BCUT2D eigenvalue weighted by molar-refractivity contribution is 5.87. The zero-order valence-electron chi connectivity index (χ0n) is 16.3. The summed E-state index contributed by atoms with van der Waals surface area (Å²) in [5.74, 6) is -0.502. The lowest BCUT2D eigenvalue weighted by Crippen LogP contribution is -2.50. The van der Waals surface area contributed by atoms with Gasteiger partial charge in [0.2, 0.25) is 5.91 Å². The highest BCUT2D eigenvalue weighted by atomic mass is 35.5. The Labute approximate surface area is 173 Å². The summed E-state index contributed by atoms with van der Waals surface area (Å²) in [5, 5.41) is 2.77. The summed E-state index contributed by atoms with van der Waals surface area (Å²) < 4.78 is 5.43. The van der Waals surface area contributed by atoms with Crippen LogP contribution in [0.2, 0.25) is 0 Å². The van der Waals surface area contributed by atoms with E-state index in [-0.39, 0.29) is 24.9 Å². The molecule has 2 rings (SSSR count). The van der Waals surface area contributed by atoms with Gasteiger partial charge in [0.25, 0.3) is 0 Å². The molecule has 6 heteroatoms. The van der Waals surface area contributed by atoms with Gasteiger partial charge in [-0.1, -0.05) is 74.5 Å². The van der Waals surface area contributed by atoms with Gasteiger partial charge in [-0.2, -0.15) is 0 Å². The summed E-state index contributed by atoms with van der Waals surface area (Å²) in [6.07, 6.45) is 0.914. The molecule has 0 aromatic heterocycles. The molecule has 0 spiro atoms. The third-order valence-electron chi connectivity index (χ3n) is 4.17. The van der Waals surface area contributed by atoms with Crippen LogP contribution < -0.4 is 11.1 Å². The van der Waals surface area contributed by atoms with Gasteiger partial charge in [0, 0.05) is 6.42 Å². The van der Waals surface area contributed by atoms with Gasteiger partial charge in [-0.3, -0.25) is 4.79 Å². The summed E-state index contributed by atoms with van der Waals surface area (Å²) in [5.41, 5.74) is 7.80. The topological polar surface area (TPSA) is 81.4 Å². The number of esters is 1. The van der Waals surface area contributed by atoms with E-state index in [2.05, 4.69) is 5.32 Å². The van der Waals surface area contributed by atoms with Crippen LogP contribution in [0.4, 0.5) is 0 Å². The Morgan fingerprint density at radius 2 is 1.50 bits per heavy atom. The van der Waals surface area contributed by atoms with Gasteiger partial charge in [0.05, 0.1) is 6.04 Å². The zero-order chi connectivity index (χ0) is 19.6. The minimum atomic E-state index is -0.776. The second-order valence-corrected chi connectivity index (χ2v) is 7.08. The SMILES string of the molecule is CC(C)C[C@H](N)C(=O)N[C@@H](Cc1ccccc1)C(=O)OCc1ccccc1.Cl. The molecule has 0 saturated heterocycles. The Kier molecular flexibility index (Phi) is 10.3. The van der Waals surface area contributed by atoms with Gasteiger partial charge in [-0.05, 0) is 23.5 Å². The molecule has 0 bridgehead atoms. The van der Waals surface area contributed by atoms with Crippen molar-refractivity contribution in [2.75, 3.05) is 0 Å². The first-order chi connectivity index (χ1) is 13.0. The van der Waals surface area contributed by atoms with Crippen molar-refractivity contribution >= 4 is 24.3 Å². The van der Waals surface area contributed by atoms with Crippen molar-refractivity contribution in [1.82, 2.24) is 5.32 Å². The molecule has 0 heterocycles. The summed E-state index contributed by atoms with van der Waals surface area (Å²) in [4.78, 5) is 25.0. The predicted molar refractivity (Wildman–Crippen MR) is 113 cm³/mol. The molecule has 0 aliphatic rings. The smallest absolute Gasteiger partial charge is 0.329 e. The average molecular weight is 405 g/mol. The van der Waals surface area contributed by atoms with Gasteiger partial charge in [0.15, 0.2) is 0 Å². The van der Waals surface area contributed by atoms with Crippen LogP contribution in [-0.2, 0) is 27.4 Å². The summed E-state index contributed by atoms with van der Waals surface area (Å²) in [7, 11) is 0. The van der Waals surface area contributed by atoms with Crippen LogP contribution in [0, 0.1) is 5.92 Å². The van der Waals surface area contributed by atoms with Crippen molar-refractivity contribution in [3.05, 3.63) is 71.8 Å². The quantitative estimate of drug-likeness (QED) is 0.628. The minimum absolute atomic E-state index is 0. The van der Waals surface area contributed by atoms with Crippen LogP contribution in [0.5, 0.6) is 0 Å². The van der Waals surface area contributed by atoms with Gasteiger partial charge < -0.3 is 15.8 Å². The standard InChI is InChI=1S/C22H28N2O3.ClH/c1-16(2)13-19(23)21(25)24-20(14-17-9-5-3-6-10-17)22(26)27-15-18-11-7-4-8-12-18;/h3-12,16,19-20H,13-15,23H2,1-2H3,(H,24,25);1H/t19-,20-;/m0./s1. The van der Waals surface area contributed by atoms with Crippen molar-refractivity contribution in [2.45, 2.75) is 45.4 Å². The molecule has 2 aromatic carbocycles. The van der Waals surface area contributed by atoms with Crippen LogP contribution in [0.15, 0.2) is 60.7 Å². The zero-order valence-corrected chi connectivity index (χ0v) is 17.2. The molecule has 1 amide bonds. The lowest BCUT2D eigenvalue weighted by molar-refractivity contribution is -0.149. The molecule has 2 atom stereocenters. The van der Waals surface area contributed by atoms with E-state index in [1.165, 1.54) is 0 Å². The summed E-state index contributed by atoms with van der Waals surface area (Å²) in [6.45, 7) is 4.17. The highest BCUT2D eigenvalue weighted by Gasteiger charge is 2.25. The minimum Gasteiger partial charge on any atom is -0.459 e. The van der Waals surface area contributed by atoms with E-state index in [0.29, 0.717) is 18.8 Å². The largest absolute Gasteiger partial charge is 0.459 e. The Balaban J connectivity index is 0.00000392. The molecule has 0 aliphatic carbocycles. The first-order valence-electron chi connectivity index (χ1n) is 9.26. The number of hydrogen-bond acceptors (Lipinski definition) is 4. The Morgan fingerprint density at radius 1 is 0.964 bits per heavy atom. The molecule has 0 saturated carbocycles. The molecular weight excluding hydrogens is 376 g/mol. The predicted octanol–water partition coefficient (Wildman–Crippen LogP) is 3.25. The monoisotopic (exact) mass is 404 g/mol. The first kappa shape index (κ1) is 23.7. The number of nitrogens with two attached hydrogens (primary N) is 1. The Morgan fingerprint density at radius 3 is 2.04 bits per heavy atom. The first-order valence-corrected chi connectivity index (χ1v) is 9.26. The Hall–Kier alpha value is -2.37. The maximum atomic E-state index is 12.6. The molecular formula is C22H29ClN2O3. The van der Waals surface area contributed by atoms with Gasteiger partial charge >= 0.3 is 5.97 Å². The fourth-order valence-electron chi connectivity index (χ4n) is 2.77. The van der Waals surface area contributed by atoms with Gasteiger partial charge in [-0.15, -0.1) is 12.4 Å². The van der Waals surface area contributed by atoms with E-state index in [0.717, 1.165) is 11.1 Å². The highest BCUT2D eigenvalue weighted by Crippen LogP contribution is 2.09. The molecule has 2 aromatic rings. The molecule has 0 fully saturated rings. The van der Waals surface area contributed by atoms with Crippen LogP contribution in [0.3, 0.4) is 0 Å². The van der Waals surface area contributed by atoms with Gasteiger partial charge in [-0.25, -0.2) is 4.79 Å². The number of carbonyl (C=O) groups excluding carboxylic acids is 2. The van der Waals surface area contributed by atoms with Crippen molar-refractivity contribution < 1.29 is 14.3 Å². The van der Waals surface area contributed by atoms with E-state index >= 15 is 0 Å². The van der Waals surface area contributed by atoms with Crippen molar-refractivity contribution in [2.24, 2.45) is 11.7 Å². The number of carbonyl (C=O) groups is 2. The average Bonchev–Trinajstić information content (AvgIpc) is 2.66. The summed E-state index contributed by atoms with van der Waals surface area (Å²) in [6, 6.07) is 17.6. The number of nitrogens with one attached hydrogen (secondary N) is 1. The van der Waals surface area contributed by atoms with Crippen LogP contribution >= 0.6 is 12.4 Å². The molecule has 0 unspecified atom stereocenters. The third kappa shape index (κ3) is 8.11. The number of hydrogen-bond donors (Lipinski definition) is 2. The number of rotatable bonds is 9. The lowest BCUT2D eigenvalue weighted by Gasteiger charge is -2.21. The van der Waals surface area contributed by atoms with E-state index in [1.807, 2.05) is 74.5 Å². The van der Waals surface area contributed by atoms with Crippen LogP contribution in [-0.4, -0.2) is 24.0 Å². The maximum absolute atomic E-state index is 12.6. The van der Waals surface area contributed by atoms with Gasteiger partial charge in [0.1, 0.15) is 12.6 Å². The molecule has 5 nitrogen and oxygen atoms in total. The molecule has 0 aliphatic heterocycles. The fourth-order valence-corrected chi connectivity index (χ4v) is 2.77. The van der Waals surface area contributed by atoms with Crippen LogP contribution in [0.1, 0.15) is 31.4 Å². The number of ether oxygens (including phenoxy) is 1. The van der Waals surface area contributed by atoms with E-state index in [9.17, 15) is 9.59 Å². The summed E-state index contributed by atoms with van der Waals surface area (Å²) >= 11 is 0. The maximum Gasteiger partial charge on any atom is 0.329 e. The van der Waals surface area contributed by atoms with Crippen molar-refractivity contribution in [1.29, 1.82) is 0 Å². The molecule has 152 valence electrons. The third-order valence-corrected chi connectivity index (χ3v) is 4.17. The van der Waals surface area contributed by atoms with E-state index < -0.39 is 18.1 Å². The lowest BCUT2D eigenvalue weighted by atomic mass is 10.0. The molecule has 28 heavy (non-hydrogen) atoms. The van der Waals surface area contributed by atoms with Crippen molar-refractivity contribution in [3.8, 4) is 0 Å². The molecule has 3 N–H and O–H groups in total.